The molecule has 0 saturated heterocycles. The average molecular weight is 1340 g/mol. The summed E-state index contributed by atoms with van der Waals surface area (Å²) in [6.45, 7) is 10.2. The first-order chi connectivity index (χ1) is 43.1. The van der Waals surface area contributed by atoms with Gasteiger partial charge in [0.2, 0.25) is 0 Å². The minimum atomic E-state index is -0.618. The zero-order valence-electron chi connectivity index (χ0n) is 55.4. The molecule has 0 fully saturated rings. The molecule has 4 aliphatic rings. The van der Waals surface area contributed by atoms with Crippen LogP contribution in [-0.4, -0.2) is 36.8 Å². The predicted molar refractivity (Wildman–Crippen MR) is 377 cm³/mol. The van der Waals surface area contributed by atoms with E-state index in [1.807, 2.05) is 46.2 Å². The number of fused-ring (bicyclic) bond motifs is 4. The van der Waals surface area contributed by atoms with Crippen LogP contribution in [0.5, 0.6) is 11.5 Å². The van der Waals surface area contributed by atoms with E-state index >= 15 is 0 Å². The van der Waals surface area contributed by atoms with Crippen LogP contribution in [-0.2, 0) is 19.2 Å². The Morgan fingerprint density at radius 1 is 0.318 bits per heavy atom. The van der Waals surface area contributed by atoms with E-state index in [1.165, 1.54) is 257 Å². The van der Waals surface area contributed by atoms with E-state index in [2.05, 4.69) is 59.6 Å². The largest absolute Gasteiger partial charge is 0.422 e. The van der Waals surface area contributed by atoms with Crippen molar-refractivity contribution < 1.29 is 28.7 Å². The maximum absolute atomic E-state index is 15.0. The molecule has 7 rings (SSSR count). The summed E-state index contributed by atoms with van der Waals surface area (Å²) in [5.74, 6) is 0.0575. The van der Waals surface area contributed by atoms with Gasteiger partial charge < -0.3 is 19.3 Å². The van der Waals surface area contributed by atoms with E-state index in [9.17, 15) is 19.2 Å². The molecule has 3 aromatic rings. The van der Waals surface area contributed by atoms with E-state index in [4.69, 9.17) is 9.47 Å². The Hall–Kier alpha value is -4.02. The van der Waals surface area contributed by atoms with Crippen molar-refractivity contribution in [3.63, 3.8) is 0 Å². The second kappa shape index (κ2) is 40.1. The molecule has 2 amide bonds. The number of amides is 2. The fraction of sp³-hybridized carbons (Fsp3) is 0.667. The molecule has 486 valence electrons. The monoisotopic (exact) mass is 1330 g/mol. The molecular formula is C78H114Br2N2O6. The lowest BCUT2D eigenvalue weighted by Crippen LogP contribution is -2.28. The van der Waals surface area contributed by atoms with Gasteiger partial charge in [-0.25, -0.2) is 9.59 Å². The van der Waals surface area contributed by atoms with Crippen molar-refractivity contribution in [3.8, 4) is 11.5 Å². The Balaban J connectivity index is 1.03. The Morgan fingerprint density at radius 2 is 0.580 bits per heavy atom. The van der Waals surface area contributed by atoms with Crippen molar-refractivity contribution >= 4 is 89.3 Å². The molecule has 0 aliphatic carbocycles. The highest BCUT2D eigenvalue weighted by atomic mass is 79.9. The normalized spacial score (nSPS) is 16.7. The van der Waals surface area contributed by atoms with Gasteiger partial charge in [-0.3, -0.25) is 9.59 Å². The first-order valence-electron chi connectivity index (χ1n) is 36.4. The lowest BCUT2D eigenvalue weighted by atomic mass is 9.90. The van der Waals surface area contributed by atoms with E-state index in [0.717, 1.165) is 46.0 Å². The zero-order valence-corrected chi connectivity index (χ0v) is 58.6. The van der Waals surface area contributed by atoms with Gasteiger partial charge in [-0.05, 0) is 73.9 Å². The molecule has 4 aliphatic heterocycles. The van der Waals surface area contributed by atoms with Crippen molar-refractivity contribution in [1.82, 2.24) is 0 Å². The SMILES string of the molecule is CCCCCCCCCCCCC(CCCCCCCCCC)CCCN1C(=O)/C(=C2/C(=O)Oc3cc4c(cc32)OC(=O)/C4=C2/C(=O)N(CCCC(CCCCCCCCCC)CCCCCCCCCCCC)c3cc(Br)ccc32)c2ccc(Br)cc21. The molecular weight excluding hydrogens is 1220 g/mol. The van der Waals surface area contributed by atoms with E-state index in [1.54, 1.807) is 12.1 Å². The molecule has 0 N–H and O–H groups in total. The maximum Gasteiger partial charge on any atom is 0.345 e. The van der Waals surface area contributed by atoms with Gasteiger partial charge in [0.05, 0.1) is 33.7 Å². The molecule has 0 saturated carbocycles. The number of halogens is 2. The Bertz CT molecular complexity index is 2540. The minimum absolute atomic E-state index is 0.173. The Kier molecular flexibility index (Phi) is 32.5. The van der Waals surface area contributed by atoms with E-state index in [0.29, 0.717) is 58.3 Å². The Morgan fingerprint density at radius 3 is 0.864 bits per heavy atom. The number of rotatable bonds is 48. The third-order valence-corrected chi connectivity index (χ3v) is 20.7. The first kappa shape index (κ1) is 71.4. The molecule has 0 aromatic heterocycles. The molecule has 0 radical (unpaired) electrons. The number of hydrogen-bond donors (Lipinski definition) is 0. The fourth-order valence-electron chi connectivity index (χ4n) is 14.6. The number of unbranched alkanes of at least 4 members (excludes halogenated alkanes) is 32. The zero-order chi connectivity index (χ0) is 62.3. The Labute approximate surface area is 550 Å². The highest BCUT2D eigenvalue weighted by molar-refractivity contribution is 9.10. The van der Waals surface area contributed by atoms with Crippen LogP contribution in [0, 0.1) is 11.8 Å². The summed E-state index contributed by atoms with van der Waals surface area (Å²) in [6.07, 6.45) is 56.7. The number of esters is 2. The molecule has 2 atom stereocenters. The molecule has 2 unspecified atom stereocenters. The van der Waals surface area contributed by atoms with Crippen LogP contribution >= 0.6 is 31.9 Å². The number of nitrogens with zero attached hydrogens (tertiary/aromatic N) is 2. The van der Waals surface area contributed by atoms with Crippen LogP contribution in [0.25, 0.3) is 22.3 Å². The van der Waals surface area contributed by atoms with Crippen LogP contribution in [0.2, 0.25) is 0 Å². The number of ether oxygens (including phenoxy) is 2. The summed E-state index contributed by atoms with van der Waals surface area (Å²) in [4.78, 5) is 62.3. The number of carbonyl (C=O) groups is 4. The highest BCUT2D eigenvalue weighted by Gasteiger charge is 2.45. The van der Waals surface area contributed by atoms with Crippen LogP contribution < -0.4 is 19.3 Å². The molecule has 88 heavy (non-hydrogen) atoms. The standard InChI is InChI=1S/C78H114Br2N2O6/c1-5-9-13-17-21-25-27-31-35-39-45-59(43-37-33-29-23-19-15-11-7-3)47-41-53-81-67-55-61(79)49-51-63(67)71(75(81)83)73-65-57-70-66(58-69(65)87-77(73)85)74(78(86)88-70)72-64-52-50-62(80)56-68(64)82(76(72)84)54-42-48-60(44-38-34-30-24-20-16-12-8-4)46-40-36-32-28-26-22-18-14-10-6-2/h49-52,55-60H,5-48,53-54H2,1-4H3/b73-71+,74-72+. The van der Waals surface area contributed by atoms with Crippen molar-refractivity contribution in [1.29, 1.82) is 0 Å². The van der Waals surface area contributed by atoms with Gasteiger partial charge in [0.15, 0.2) is 0 Å². The molecule has 4 heterocycles. The first-order valence-corrected chi connectivity index (χ1v) is 38.0. The minimum Gasteiger partial charge on any atom is -0.422 e. The van der Waals surface area contributed by atoms with Gasteiger partial charge in [-0.15, -0.1) is 0 Å². The second-order valence-corrected chi connectivity index (χ2v) is 28.7. The topological polar surface area (TPSA) is 93.2 Å². The predicted octanol–water partition coefficient (Wildman–Crippen LogP) is 24.0. The van der Waals surface area contributed by atoms with Crippen LogP contribution in [0.3, 0.4) is 0 Å². The van der Waals surface area contributed by atoms with E-state index < -0.39 is 11.9 Å². The third-order valence-electron chi connectivity index (χ3n) is 19.7. The van der Waals surface area contributed by atoms with Gasteiger partial charge in [-0.2, -0.15) is 0 Å². The summed E-state index contributed by atoms with van der Waals surface area (Å²) in [6, 6.07) is 15.0. The van der Waals surface area contributed by atoms with Gasteiger partial charge >= 0.3 is 11.9 Å². The van der Waals surface area contributed by atoms with Gasteiger partial charge in [-0.1, -0.05) is 329 Å². The average Bonchev–Trinajstić information content (AvgIpc) is 1.60. The summed E-state index contributed by atoms with van der Waals surface area (Å²) in [7, 11) is 0. The summed E-state index contributed by atoms with van der Waals surface area (Å²) < 4.78 is 13.9. The number of benzene rings is 3. The number of carbonyl (C=O) groups excluding carboxylic acids is 4. The van der Waals surface area contributed by atoms with Crippen LogP contribution in [0.1, 0.15) is 332 Å². The van der Waals surface area contributed by atoms with Crippen molar-refractivity contribution in [2.24, 2.45) is 11.8 Å². The maximum atomic E-state index is 15.0. The molecule has 3 aromatic carbocycles. The number of anilines is 2. The van der Waals surface area contributed by atoms with Crippen LogP contribution in [0.4, 0.5) is 11.4 Å². The summed E-state index contributed by atoms with van der Waals surface area (Å²) >= 11 is 7.39. The smallest absolute Gasteiger partial charge is 0.345 e. The lowest BCUT2D eigenvalue weighted by Gasteiger charge is -2.21. The summed E-state index contributed by atoms with van der Waals surface area (Å²) in [5.41, 5.74) is 4.70. The lowest BCUT2D eigenvalue weighted by molar-refractivity contribution is -0.127. The fourth-order valence-corrected chi connectivity index (χ4v) is 15.3. The second-order valence-electron chi connectivity index (χ2n) is 26.8. The number of hydrogen-bond acceptors (Lipinski definition) is 6. The van der Waals surface area contributed by atoms with Gasteiger partial charge in [0, 0.05) is 44.3 Å². The molecule has 0 bridgehead atoms. The van der Waals surface area contributed by atoms with Crippen molar-refractivity contribution in [3.05, 3.63) is 79.7 Å². The quantitative estimate of drug-likeness (QED) is 0.0242. The highest BCUT2D eigenvalue weighted by Crippen LogP contribution is 2.52. The summed E-state index contributed by atoms with van der Waals surface area (Å²) in [5, 5.41) is 0. The molecule has 10 heteroatoms. The van der Waals surface area contributed by atoms with Crippen molar-refractivity contribution in [2.45, 2.75) is 310 Å². The third kappa shape index (κ3) is 21.5. The van der Waals surface area contributed by atoms with E-state index in [-0.39, 0.29) is 34.5 Å². The van der Waals surface area contributed by atoms with Gasteiger partial charge in [0.1, 0.15) is 11.5 Å². The van der Waals surface area contributed by atoms with Gasteiger partial charge in [0.25, 0.3) is 11.8 Å². The van der Waals surface area contributed by atoms with Crippen molar-refractivity contribution in [2.75, 3.05) is 22.9 Å². The van der Waals surface area contributed by atoms with Crippen LogP contribution in [0.15, 0.2) is 57.5 Å². The molecule has 8 nitrogen and oxygen atoms in total. The molecule has 0 spiro atoms.